The number of hydrogen-bond donors (Lipinski definition) is 1. The number of aromatic nitrogens is 1. The molecule has 0 spiro atoms. The van der Waals surface area contributed by atoms with Crippen LogP contribution in [0.15, 0.2) is 24.4 Å². The van der Waals surface area contributed by atoms with Gasteiger partial charge in [0.1, 0.15) is 5.82 Å². The molecule has 1 saturated carbocycles. The Kier molecular flexibility index (Phi) is 5.17. The monoisotopic (exact) mass is 455 g/mol. The maximum Gasteiger partial charge on any atom is 0.229 e. The molecule has 4 aliphatic rings. The first-order valence-corrected chi connectivity index (χ1v) is 12.2. The molecule has 6 rings (SSSR count). The standard InChI is InChI=1S/C25H30ClN3O3/c1-25(4-7-31-14-25)29-5-2-15(3-6-29)18-8-16-10-22(27-11-17(16)9-21(18)26)28-24(30)23-19-12-32-13-20(19)23/h8-11,15,19-20,23H,2-7,12-14H2,1H3,(H,27,28,30). The molecule has 32 heavy (non-hydrogen) atoms. The van der Waals surface area contributed by atoms with Crippen LogP contribution in [0.5, 0.6) is 0 Å². The van der Waals surface area contributed by atoms with Crippen LogP contribution in [-0.2, 0) is 14.3 Å². The molecular weight excluding hydrogens is 426 g/mol. The van der Waals surface area contributed by atoms with Crippen LogP contribution in [0.4, 0.5) is 5.82 Å². The number of nitrogens with one attached hydrogen (secondary N) is 1. The minimum absolute atomic E-state index is 0.0705. The van der Waals surface area contributed by atoms with Crippen LogP contribution < -0.4 is 5.32 Å². The molecule has 3 atom stereocenters. The summed E-state index contributed by atoms with van der Waals surface area (Å²) in [6.07, 6.45) is 5.12. The van der Waals surface area contributed by atoms with Crippen molar-refractivity contribution >= 4 is 34.1 Å². The van der Waals surface area contributed by atoms with Crippen molar-refractivity contribution in [2.45, 2.75) is 37.6 Å². The Hall–Kier alpha value is -1.73. The van der Waals surface area contributed by atoms with Crippen LogP contribution in [0.2, 0.25) is 5.02 Å². The van der Waals surface area contributed by atoms with Crippen molar-refractivity contribution in [3.8, 4) is 0 Å². The number of carbonyl (C=O) groups is 1. The second-order valence-electron chi connectivity index (χ2n) is 10.2. The number of ether oxygens (including phenoxy) is 2. The van der Waals surface area contributed by atoms with Crippen molar-refractivity contribution in [1.82, 2.24) is 9.88 Å². The Balaban J connectivity index is 1.17. The molecule has 1 aromatic heterocycles. The molecule has 2 aromatic rings. The van der Waals surface area contributed by atoms with Gasteiger partial charge in [-0.3, -0.25) is 9.69 Å². The number of carbonyl (C=O) groups excluding carboxylic acids is 1. The number of likely N-dealkylation sites (tertiary alicyclic amines) is 1. The van der Waals surface area contributed by atoms with Crippen LogP contribution >= 0.6 is 11.6 Å². The Bertz CT molecular complexity index is 1040. The summed E-state index contributed by atoms with van der Waals surface area (Å²) in [6.45, 7) is 7.60. The minimum Gasteiger partial charge on any atom is -0.381 e. The van der Waals surface area contributed by atoms with Gasteiger partial charge in [-0.25, -0.2) is 4.98 Å². The SMILES string of the molecule is CC1(N2CCC(c3cc4cc(NC(=O)C5C6COCC65)ncc4cc3Cl)CC2)CCOC1. The van der Waals surface area contributed by atoms with Gasteiger partial charge in [-0.1, -0.05) is 11.6 Å². The van der Waals surface area contributed by atoms with Gasteiger partial charge in [-0.15, -0.1) is 0 Å². The number of piperidine rings is 1. The summed E-state index contributed by atoms with van der Waals surface area (Å²) in [5.41, 5.74) is 1.40. The maximum atomic E-state index is 12.6. The number of hydrogen-bond acceptors (Lipinski definition) is 5. The maximum absolute atomic E-state index is 12.6. The van der Waals surface area contributed by atoms with Crippen molar-refractivity contribution in [2.75, 3.05) is 44.8 Å². The second kappa shape index (κ2) is 7.94. The molecule has 1 aromatic carbocycles. The van der Waals surface area contributed by atoms with Crippen LogP contribution in [0.3, 0.4) is 0 Å². The first-order chi connectivity index (χ1) is 15.5. The van der Waals surface area contributed by atoms with E-state index in [1.807, 2.05) is 12.1 Å². The summed E-state index contributed by atoms with van der Waals surface area (Å²) in [6, 6.07) is 6.20. The first kappa shape index (κ1) is 20.8. The van der Waals surface area contributed by atoms with Crippen LogP contribution in [-0.4, -0.2) is 60.8 Å². The number of rotatable bonds is 4. The fourth-order valence-electron chi connectivity index (χ4n) is 6.04. The van der Waals surface area contributed by atoms with Gasteiger partial charge in [0.25, 0.3) is 0 Å². The zero-order valence-corrected chi connectivity index (χ0v) is 19.2. The van der Waals surface area contributed by atoms with E-state index in [4.69, 9.17) is 21.1 Å². The average Bonchev–Trinajstić information content (AvgIpc) is 3.10. The van der Waals surface area contributed by atoms with Crippen molar-refractivity contribution in [3.63, 3.8) is 0 Å². The van der Waals surface area contributed by atoms with Gasteiger partial charge >= 0.3 is 0 Å². The van der Waals surface area contributed by atoms with E-state index < -0.39 is 0 Å². The topological polar surface area (TPSA) is 63.7 Å². The fourth-order valence-corrected chi connectivity index (χ4v) is 6.37. The zero-order valence-electron chi connectivity index (χ0n) is 18.5. The van der Waals surface area contributed by atoms with Crippen LogP contribution in [0, 0.1) is 17.8 Å². The quantitative estimate of drug-likeness (QED) is 0.752. The third kappa shape index (κ3) is 3.61. The van der Waals surface area contributed by atoms with Crippen molar-refractivity contribution in [2.24, 2.45) is 17.8 Å². The third-order valence-electron chi connectivity index (χ3n) is 8.24. The summed E-state index contributed by atoms with van der Waals surface area (Å²) in [5, 5.41) is 5.92. The van der Waals surface area contributed by atoms with Gasteiger partial charge in [-0.2, -0.15) is 0 Å². The van der Waals surface area contributed by atoms with E-state index in [-0.39, 0.29) is 17.4 Å². The molecule has 3 saturated heterocycles. The van der Waals surface area contributed by atoms with Crippen molar-refractivity contribution in [1.29, 1.82) is 0 Å². The molecule has 0 bridgehead atoms. The minimum atomic E-state index is 0.0705. The van der Waals surface area contributed by atoms with Gasteiger partial charge in [0.2, 0.25) is 5.91 Å². The van der Waals surface area contributed by atoms with Gasteiger partial charge < -0.3 is 14.8 Å². The molecule has 1 amide bonds. The molecule has 3 aliphatic heterocycles. The van der Waals surface area contributed by atoms with E-state index in [0.29, 0.717) is 36.8 Å². The summed E-state index contributed by atoms with van der Waals surface area (Å²) in [5.74, 6) is 2.01. The lowest BCUT2D eigenvalue weighted by atomic mass is 9.86. The predicted molar refractivity (Wildman–Crippen MR) is 124 cm³/mol. The van der Waals surface area contributed by atoms with E-state index >= 15 is 0 Å². The Morgan fingerprint density at radius 3 is 2.66 bits per heavy atom. The Labute approximate surface area is 193 Å². The van der Waals surface area contributed by atoms with E-state index in [1.54, 1.807) is 6.20 Å². The van der Waals surface area contributed by atoms with Crippen molar-refractivity contribution < 1.29 is 14.3 Å². The smallest absolute Gasteiger partial charge is 0.229 e. The van der Waals surface area contributed by atoms with Gasteiger partial charge in [0.15, 0.2) is 0 Å². The first-order valence-electron chi connectivity index (χ1n) is 11.8. The lowest BCUT2D eigenvalue weighted by Gasteiger charge is -2.42. The van der Waals surface area contributed by atoms with E-state index in [1.165, 1.54) is 5.56 Å². The van der Waals surface area contributed by atoms with E-state index in [9.17, 15) is 4.79 Å². The summed E-state index contributed by atoms with van der Waals surface area (Å²) >= 11 is 6.71. The number of anilines is 1. The van der Waals surface area contributed by atoms with Gasteiger partial charge in [-0.05, 0) is 86.2 Å². The number of fused-ring (bicyclic) bond motifs is 2. The second-order valence-corrected chi connectivity index (χ2v) is 10.6. The molecular formula is C25H30ClN3O3. The molecule has 3 unspecified atom stereocenters. The molecule has 1 aliphatic carbocycles. The number of amides is 1. The van der Waals surface area contributed by atoms with Gasteiger partial charge in [0.05, 0.1) is 19.8 Å². The summed E-state index contributed by atoms with van der Waals surface area (Å²) < 4.78 is 11.1. The molecule has 1 N–H and O–H groups in total. The molecule has 4 heterocycles. The van der Waals surface area contributed by atoms with E-state index in [2.05, 4.69) is 28.2 Å². The number of pyridine rings is 1. The highest BCUT2D eigenvalue weighted by atomic mass is 35.5. The van der Waals surface area contributed by atoms with Crippen molar-refractivity contribution in [3.05, 3.63) is 35.0 Å². The lowest BCUT2D eigenvalue weighted by molar-refractivity contribution is -0.118. The fraction of sp³-hybridized carbons (Fsp3) is 0.600. The van der Waals surface area contributed by atoms with Crippen LogP contribution in [0.25, 0.3) is 10.8 Å². The summed E-state index contributed by atoms with van der Waals surface area (Å²) in [4.78, 5) is 19.7. The van der Waals surface area contributed by atoms with Crippen LogP contribution in [0.1, 0.15) is 37.7 Å². The molecule has 0 radical (unpaired) electrons. The van der Waals surface area contributed by atoms with E-state index in [0.717, 1.165) is 61.4 Å². The largest absolute Gasteiger partial charge is 0.381 e. The highest BCUT2D eigenvalue weighted by Crippen LogP contribution is 2.51. The zero-order chi connectivity index (χ0) is 21.9. The average molecular weight is 456 g/mol. The van der Waals surface area contributed by atoms with Gasteiger partial charge in [0, 0.05) is 34.7 Å². The molecule has 7 heteroatoms. The Morgan fingerprint density at radius 1 is 1.16 bits per heavy atom. The highest BCUT2D eigenvalue weighted by Gasteiger charge is 2.58. The predicted octanol–water partition coefficient (Wildman–Crippen LogP) is 4.08. The number of benzene rings is 1. The Morgan fingerprint density at radius 2 is 1.94 bits per heavy atom. The third-order valence-corrected chi connectivity index (χ3v) is 8.57. The molecule has 4 fully saturated rings. The number of nitrogens with zero attached hydrogens (tertiary/aromatic N) is 2. The highest BCUT2D eigenvalue weighted by molar-refractivity contribution is 6.32. The molecule has 6 nitrogen and oxygen atoms in total. The summed E-state index contributed by atoms with van der Waals surface area (Å²) in [7, 11) is 0. The normalized spacial score (nSPS) is 32.9. The number of halogens is 1. The molecule has 170 valence electrons. The lowest BCUT2D eigenvalue weighted by Crippen LogP contribution is -2.50.